The van der Waals surface area contributed by atoms with Crippen LogP contribution in [0.15, 0.2) is 57.0 Å². The summed E-state index contributed by atoms with van der Waals surface area (Å²) in [6, 6.07) is 1.80. The molecule has 1 N–H and O–H groups in total. The molecular weight excluding hydrogens is 572 g/mol. The summed E-state index contributed by atoms with van der Waals surface area (Å²) in [5.41, 5.74) is -1.19. The van der Waals surface area contributed by atoms with Gasteiger partial charge in [0.2, 0.25) is 0 Å². The van der Waals surface area contributed by atoms with Crippen molar-refractivity contribution in [2.75, 3.05) is 31.1 Å². The maximum Gasteiger partial charge on any atom is 0.418 e. The Labute approximate surface area is 224 Å². The van der Waals surface area contributed by atoms with E-state index in [0.29, 0.717) is 19.5 Å². The average molecular weight is 595 g/mol. The molecule has 2 fully saturated rings. The molecule has 4 aliphatic rings. The van der Waals surface area contributed by atoms with E-state index >= 15 is 0 Å². The van der Waals surface area contributed by atoms with Crippen LogP contribution in [0.25, 0.3) is 0 Å². The van der Waals surface area contributed by atoms with E-state index in [1.54, 1.807) is 4.90 Å². The number of hydrogen-bond donors (Lipinski definition) is 1. The van der Waals surface area contributed by atoms with Gasteiger partial charge in [-0.2, -0.15) is 13.2 Å². The van der Waals surface area contributed by atoms with E-state index in [-0.39, 0.29) is 45.7 Å². The highest BCUT2D eigenvalue weighted by Gasteiger charge is 2.41. The molecular formula is C26H23BrF4N4O3. The number of nitrogens with zero attached hydrogens (tertiary/aromatic N) is 3. The van der Waals surface area contributed by atoms with Gasteiger partial charge in [-0.05, 0) is 37.5 Å². The predicted octanol–water partition coefficient (Wildman–Crippen LogP) is 4.14. The molecule has 7 nitrogen and oxygen atoms in total. The van der Waals surface area contributed by atoms with Crippen molar-refractivity contribution in [3.8, 4) is 0 Å². The number of aliphatic imine (C=N–C) groups is 1. The first-order chi connectivity index (χ1) is 18.0. The summed E-state index contributed by atoms with van der Waals surface area (Å²) in [7, 11) is 0. The lowest BCUT2D eigenvalue weighted by atomic mass is 9.91. The Bertz CT molecular complexity index is 1330. The van der Waals surface area contributed by atoms with Gasteiger partial charge in [0, 0.05) is 48.3 Å². The van der Waals surface area contributed by atoms with Gasteiger partial charge in [-0.25, -0.2) is 9.38 Å². The molecule has 2 atom stereocenters. The number of allylic oxidation sites excluding steroid dienone is 3. The highest BCUT2D eigenvalue weighted by molar-refractivity contribution is 9.10. The van der Waals surface area contributed by atoms with Crippen molar-refractivity contribution in [1.29, 1.82) is 0 Å². The second kappa shape index (κ2) is 10.1. The summed E-state index contributed by atoms with van der Waals surface area (Å²) >= 11 is 3.12. The van der Waals surface area contributed by atoms with Gasteiger partial charge in [0.1, 0.15) is 0 Å². The fraction of sp³-hybridized carbons (Fsp3) is 0.385. The van der Waals surface area contributed by atoms with Crippen LogP contribution in [0.2, 0.25) is 0 Å². The number of halogens is 5. The number of carbonyl (C=O) groups is 3. The fourth-order valence-electron chi connectivity index (χ4n) is 5.22. The third kappa shape index (κ3) is 5.05. The molecule has 1 aliphatic carbocycles. The molecule has 0 spiro atoms. The van der Waals surface area contributed by atoms with E-state index in [9.17, 15) is 31.9 Å². The van der Waals surface area contributed by atoms with Gasteiger partial charge >= 0.3 is 6.18 Å². The lowest BCUT2D eigenvalue weighted by Crippen LogP contribution is -2.40. The Kier molecular flexibility index (Phi) is 7.01. The zero-order valence-corrected chi connectivity index (χ0v) is 21.6. The number of anilines is 1. The van der Waals surface area contributed by atoms with E-state index in [4.69, 9.17) is 0 Å². The number of dihydropyridines is 1. The van der Waals surface area contributed by atoms with Crippen molar-refractivity contribution in [3.05, 3.63) is 63.2 Å². The maximum absolute atomic E-state index is 14.2. The van der Waals surface area contributed by atoms with Crippen LogP contribution in [0.1, 0.15) is 35.2 Å². The summed E-state index contributed by atoms with van der Waals surface area (Å²) in [4.78, 5) is 45.0. The van der Waals surface area contributed by atoms with Gasteiger partial charge in [0.15, 0.2) is 6.17 Å². The Morgan fingerprint density at radius 2 is 1.87 bits per heavy atom. The summed E-state index contributed by atoms with van der Waals surface area (Å²) in [5, 5.41) is 2.76. The molecule has 1 unspecified atom stereocenters. The first-order valence-corrected chi connectivity index (χ1v) is 13.0. The Morgan fingerprint density at radius 1 is 1.13 bits per heavy atom. The van der Waals surface area contributed by atoms with Crippen molar-refractivity contribution < 1.29 is 31.9 Å². The molecule has 0 bridgehead atoms. The zero-order chi connectivity index (χ0) is 27.2. The smallest absolute Gasteiger partial charge is 0.368 e. The van der Waals surface area contributed by atoms with Crippen LogP contribution in [-0.2, 0) is 15.8 Å². The molecule has 5 rings (SSSR count). The van der Waals surface area contributed by atoms with Crippen molar-refractivity contribution >= 4 is 45.1 Å². The van der Waals surface area contributed by atoms with Crippen LogP contribution in [-0.4, -0.2) is 66.7 Å². The minimum atomic E-state index is -4.71. The van der Waals surface area contributed by atoms with Crippen LogP contribution in [0.5, 0.6) is 0 Å². The van der Waals surface area contributed by atoms with Crippen LogP contribution >= 0.6 is 15.9 Å². The standard InChI is InChI=1S/C26H23BrF4N4O3/c27-14-10-18(25(38)34-7-1-2-8-34)23(19(11-14)26(29,30)31)35-9-6-15(13-35)32-24(37)17-12-21(36)33-22-16(17)4-3-5-20(22)28/h3-5,10-12,15,20H,1-2,6-9,13H2,(H,32,37)/t15-,20?/m1/s1. The summed E-state index contributed by atoms with van der Waals surface area (Å²) < 4.78 is 56.8. The number of carbonyl (C=O) groups excluding carboxylic acids is 3. The van der Waals surface area contributed by atoms with Crippen molar-refractivity contribution in [2.24, 2.45) is 4.99 Å². The normalized spacial score (nSPS) is 23.2. The molecule has 12 heteroatoms. The van der Waals surface area contributed by atoms with Crippen molar-refractivity contribution in [3.63, 3.8) is 0 Å². The van der Waals surface area contributed by atoms with E-state index < -0.39 is 41.7 Å². The topological polar surface area (TPSA) is 82.1 Å². The first-order valence-electron chi connectivity index (χ1n) is 12.2. The number of amides is 3. The second-order valence-corrected chi connectivity index (χ2v) is 10.4. The number of alkyl halides is 4. The summed E-state index contributed by atoms with van der Waals surface area (Å²) in [6.07, 6.45) is 0.701. The van der Waals surface area contributed by atoms with Gasteiger partial charge < -0.3 is 15.1 Å². The molecule has 3 aliphatic heterocycles. The molecule has 1 aromatic rings. The second-order valence-electron chi connectivity index (χ2n) is 9.51. The summed E-state index contributed by atoms with van der Waals surface area (Å²) in [5.74, 6) is -1.87. The number of rotatable bonds is 4. The van der Waals surface area contributed by atoms with Crippen LogP contribution in [0, 0.1) is 0 Å². The van der Waals surface area contributed by atoms with Gasteiger partial charge in [0.05, 0.1) is 28.1 Å². The van der Waals surface area contributed by atoms with Gasteiger partial charge in [-0.1, -0.05) is 28.1 Å². The largest absolute Gasteiger partial charge is 0.418 e. The quantitative estimate of drug-likeness (QED) is 0.531. The van der Waals surface area contributed by atoms with E-state index in [2.05, 4.69) is 26.2 Å². The Morgan fingerprint density at radius 3 is 2.58 bits per heavy atom. The number of hydrogen-bond acceptors (Lipinski definition) is 4. The lowest BCUT2D eigenvalue weighted by Gasteiger charge is -2.28. The van der Waals surface area contributed by atoms with Gasteiger partial charge in [-0.15, -0.1) is 0 Å². The number of nitrogens with one attached hydrogen (secondary N) is 1. The molecule has 2 saturated heterocycles. The van der Waals surface area contributed by atoms with Gasteiger partial charge in [-0.3, -0.25) is 14.4 Å². The van der Waals surface area contributed by atoms with Crippen LogP contribution < -0.4 is 10.2 Å². The minimum Gasteiger partial charge on any atom is -0.368 e. The molecule has 0 saturated carbocycles. The minimum absolute atomic E-state index is 0.0175. The molecule has 3 heterocycles. The van der Waals surface area contributed by atoms with E-state index in [1.807, 2.05) is 0 Å². The van der Waals surface area contributed by atoms with Crippen molar-refractivity contribution in [2.45, 2.75) is 37.7 Å². The maximum atomic E-state index is 14.2. The molecule has 1 aromatic carbocycles. The monoisotopic (exact) mass is 594 g/mol. The van der Waals surface area contributed by atoms with Crippen molar-refractivity contribution in [1.82, 2.24) is 10.2 Å². The molecule has 0 aromatic heterocycles. The molecule has 0 radical (unpaired) electrons. The molecule has 3 amide bonds. The molecule has 200 valence electrons. The van der Waals surface area contributed by atoms with Crippen LogP contribution in [0.3, 0.4) is 0 Å². The number of fused-ring (bicyclic) bond motifs is 1. The SMILES string of the molecule is O=C1C=C(C(=O)N[C@@H]2CCN(c3c(C(=O)N4CCCC4)cc(Br)cc3C(F)(F)F)C2)C2=CC=CC(F)C2=N1. The third-order valence-electron chi connectivity index (χ3n) is 6.96. The average Bonchev–Trinajstić information content (AvgIpc) is 3.55. The van der Waals surface area contributed by atoms with E-state index in [0.717, 1.165) is 25.0 Å². The lowest BCUT2D eigenvalue weighted by molar-refractivity contribution is -0.137. The fourth-order valence-corrected chi connectivity index (χ4v) is 5.68. The van der Waals surface area contributed by atoms with E-state index in [1.165, 1.54) is 29.2 Å². The number of likely N-dealkylation sites (tertiary alicyclic amines) is 1. The molecule has 38 heavy (non-hydrogen) atoms. The zero-order valence-electron chi connectivity index (χ0n) is 20.0. The Hall–Kier alpha value is -3.28. The first kappa shape index (κ1) is 26.3. The highest BCUT2D eigenvalue weighted by Crippen LogP contribution is 2.42. The Balaban J connectivity index is 1.40. The third-order valence-corrected chi connectivity index (χ3v) is 7.41. The van der Waals surface area contributed by atoms with Gasteiger partial charge in [0.25, 0.3) is 17.7 Å². The summed E-state index contributed by atoms with van der Waals surface area (Å²) in [6.45, 7) is 1.14. The van der Waals surface area contributed by atoms with Crippen LogP contribution in [0.4, 0.5) is 23.2 Å². The predicted molar refractivity (Wildman–Crippen MR) is 136 cm³/mol. The highest BCUT2D eigenvalue weighted by atomic mass is 79.9. The number of benzene rings is 1.